The highest BCUT2D eigenvalue weighted by Gasteiger charge is 2.10. The number of hydrogen-bond acceptors (Lipinski definition) is 7. The fraction of sp³-hybridized carbons (Fsp3) is 0.125. The molecule has 130 valence electrons. The van der Waals surface area contributed by atoms with Gasteiger partial charge in [-0.05, 0) is 36.4 Å². The Morgan fingerprint density at radius 3 is 2.00 bits per heavy atom. The van der Waals surface area contributed by atoms with Gasteiger partial charge >= 0.3 is 0 Å². The minimum Gasteiger partial charge on any atom is -0.398 e. The summed E-state index contributed by atoms with van der Waals surface area (Å²) in [6.07, 6.45) is 0. The summed E-state index contributed by atoms with van der Waals surface area (Å²) in [6.45, 7) is 0. The molecule has 0 aliphatic carbocycles. The summed E-state index contributed by atoms with van der Waals surface area (Å²) in [4.78, 5) is 6.23. The van der Waals surface area contributed by atoms with Crippen LogP contribution in [0.4, 0.5) is 11.4 Å². The molecular weight excluding hydrogens is 399 g/mol. The maximum absolute atomic E-state index is 5.93. The average Bonchev–Trinajstić information content (AvgIpc) is 3.01. The van der Waals surface area contributed by atoms with E-state index in [1.807, 2.05) is 12.1 Å². The molecule has 2 aromatic carbocycles. The minimum absolute atomic E-state index is 0.534. The van der Waals surface area contributed by atoms with Crippen molar-refractivity contribution in [1.29, 1.82) is 0 Å². The van der Waals surface area contributed by atoms with Crippen molar-refractivity contribution >= 4 is 58.1 Å². The summed E-state index contributed by atoms with van der Waals surface area (Å²) in [5.41, 5.74) is 13.1. The van der Waals surface area contributed by atoms with Gasteiger partial charge in [-0.2, -0.15) is 4.98 Å². The van der Waals surface area contributed by atoms with Crippen molar-refractivity contribution in [3.8, 4) is 0 Å². The second-order valence-electron chi connectivity index (χ2n) is 5.05. The molecule has 0 atom stereocenters. The van der Waals surface area contributed by atoms with Crippen LogP contribution in [0.2, 0.25) is 10.0 Å². The van der Waals surface area contributed by atoms with Crippen molar-refractivity contribution in [2.75, 3.05) is 11.5 Å². The van der Waals surface area contributed by atoms with Crippen LogP contribution in [0.5, 0.6) is 0 Å². The van der Waals surface area contributed by atoms with Gasteiger partial charge in [0.05, 0.1) is 11.5 Å². The maximum Gasteiger partial charge on any atom is 0.237 e. The van der Waals surface area contributed by atoms with E-state index in [0.29, 0.717) is 44.6 Å². The number of rotatable bonds is 6. The lowest BCUT2D eigenvalue weighted by atomic mass is 10.3. The zero-order valence-electron chi connectivity index (χ0n) is 12.9. The van der Waals surface area contributed by atoms with Crippen molar-refractivity contribution in [2.24, 2.45) is 0 Å². The monoisotopic (exact) mass is 412 g/mol. The van der Waals surface area contributed by atoms with E-state index in [1.165, 1.54) is 23.5 Å². The van der Waals surface area contributed by atoms with Crippen LogP contribution in [0, 0.1) is 0 Å². The first kappa shape index (κ1) is 18.3. The van der Waals surface area contributed by atoms with Crippen molar-refractivity contribution in [3.05, 3.63) is 58.2 Å². The third-order valence-corrected chi connectivity index (χ3v) is 5.79. The van der Waals surface area contributed by atoms with Gasteiger partial charge in [0, 0.05) is 31.2 Å². The number of benzene rings is 2. The normalized spacial score (nSPS) is 11.0. The van der Waals surface area contributed by atoms with E-state index in [4.69, 9.17) is 39.2 Å². The van der Waals surface area contributed by atoms with Crippen molar-refractivity contribution in [2.45, 2.75) is 21.3 Å². The number of hydrogen-bond donors (Lipinski definition) is 2. The van der Waals surface area contributed by atoms with E-state index < -0.39 is 0 Å². The molecule has 0 amide bonds. The fourth-order valence-electron chi connectivity index (χ4n) is 1.99. The van der Waals surface area contributed by atoms with Crippen molar-refractivity contribution < 1.29 is 4.52 Å². The van der Waals surface area contributed by atoms with Gasteiger partial charge in [-0.15, -0.1) is 23.5 Å². The molecule has 0 radical (unpaired) electrons. The van der Waals surface area contributed by atoms with E-state index in [1.54, 1.807) is 24.3 Å². The molecule has 1 heterocycles. The molecule has 0 saturated heterocycles. The lowest BCUT2D eigenvalue weighted by molar-refractivity contribution is 0.386. The molecule has 9 heteroatoms. The van der Waals surface area contributed by atoms with E-state index in [0.717, 1.165) is 9.79 Å². The molecule has 0 fully saturated rings. The Morgan fingerprint density at radius 1 is 0.880 bits per heavy atom. The van der Waals surface area contributed by atoms with Gasteiger partial charge in [-0.25, -0.2) is 0 Å². The summed E-state index contributed by atoms with van der Waals surface area (Å²) in [5.74, 6) is 2.24. The van der Waals surface area contributed by atoms with Crippen LogP contribution in [-0.4, -0.2) is 10.1 Å². The largest absolute Gasteiger partial charge is 0.398 e. The molecule has 0 spiro atoms. The molecule has 5 nitrogen and oxygen atoms in total. The number of halogens is 2. The zero-order chi connectivity index (χ0) is 17.8. The van der Waals surface area contributed by atoms with E-state index >= 15 is 0 Å². The van der Waals surface area contributed by atoms with E-state index in [9.17, 15) is 0 Å². The standard InChI is InChI=1S/C16H14Cl2N4OS2/c17-9-1-3-13(11(19)5-9)24-7-15-21-16(23-22-15)8-25-14-4-2-10(18)6-12(14)20/h1-6H,7-8,19-20H2. The summed E-state index contributed by atoms with van der Waals surface area (Å²) >= 11 is 14.8. The molecule has 0 aliphatic heterocycles. The van der Waals surface area contributed by atoms with Gasteiger partial charge in [-0.3, -0.25) is 0 Å². The van der Waals surface area contributed by atoms with Crippen molar-refractivity contribution in [1.82, 2.24) is 10.1 Å². The predicted octanol–water partition coefficient (Wildman–Crippen LogP) is 5.13. The van der Waals surface area contributed by atoms with Gasteiger partial charge < -0.3 is 16.0 Å². The maximum atomic E-state index is 5.93. The Kier molecular flexibility index (Phi) is 6.01. The molecule has 3 rings (SSSR count). The van der Waals surface area contributed by atoms with Gasteiger partial charge in [0.2, 0.25) is 5.89 Å². The van der Waals surface area contributed by atoms with Crippen molar-refractivity contribution in [3.63, 3.8) is 0 Å². The Labute approximate surface area is 163 Å². The second-order valence-corrected chi connectivity index (χ2v) is 7.95. The van der Waals surface area contributed by atoms with E-state index in [2.05, 4.69) is 10.1 Å². The van der Waals surface area contributed by atoms with Crippen LogP contribution in [-0.2, 0) is 11.5 Å². The molecule has 1 aromatic heterocycles. The number of thioether (sulfide) groups is 2. The lowest BCUT2D eigenvalue weighted by Crippen LogP contribution is -1.91. The molecule has 3 aromatic rings. The third kappa shape index (κ3) is 4.98. The van der Waals surface area contributed by atoms with Crippen LogP contribution in [0.25, 0.3) is 0 Å². The molecular formula is C16H14Cl2N4OS2. The number of anilines is 2. The molecule has 0 saturated carbocycles. The second kappa shape index (κ2) is 8.23. The number of aromatic nitrogens is 2. The Balaban J connectivity index is 1.57. The molecule has 0 unspecified atom stereocenters. The summed E-state index contributed by atoms with van der Waals surface area (Å²) in [6, 6.07) is 10.8. The summed E-state index contributed by atoms with van der Waals surface area (Å²) in [7, 11) is 0. The van der Waals surface area contributed by atoms with Gasteiger partial charge in [0.15, 0.2) is 5.82 Å². The number of nitrogen functional groups attached to an aromatic ring is 2. The van der Waals surface area contributed by atoms with Crippen LogP contribution in [0.15, 0.2) is 50.7 Å². The summed E-state index contributed by atoms with van der Waals surface area (Å²) < 4.78 is 5.27. The molecule has 25 heavy (non-hydrogen) atoms. The van der Waals surface area contributed by atoms with Gasteiger partial charge in [0.25, 0.3) is 0 Å². The smallest absolute Gasteiger partial charge is 0.237 e. The zero-order valence-corrected chi connectivity index (χ0v) is 16.1. The minimum atomic E-state index is 0.534. The lowest BCUT2D eigenvalue weighted by Gasteiger charge is -2.03. The van der Waals surface area contributed by atoms with E-state index in [-0.39, 0.29) is 0 Å². The quantitative estimate of drug-likeness (QED) is 0.428. The van der Waals surface area contributed by atoms with Gasteiger partial charge in [0.1, 0.15) is 0 Å². The highest BCUT2D eigenvalue weighted by atomic mass is 35.5. The molecule has 4 N–H and O–H groups in total. The van der Waals surface area contributed by atoms with Crippen LogP contribution < -0.4 is 11.5 Å². The van der Waals surface area contributed by atoms with Gasteiger partial charge in [-0.1, -0.05) is 28.4 Å². The number of nitrogens with zero attached hydrogens (tertiary/aromatic N) is 2. The fourth-order valence-corrected chi connectivity index (χ4v) is 3.93. The Morgan fingerprint density at radius 2 is 1.44 bits per heavy atom. The summed E-state index contributed by atoms with van der Waals surface area (Å²) in [5, 5.41) is 5.21. The topological polar surface area (TPSA) is 91.0 Å². The van der Waals surface area contributed by atoms with Crippen LogP contribution in [0.3, 0.4) is 0 Å². The number of nitrogens with two attached hydrogens (primary N) is 2. The van der Waals surface area contributed by atoms with Crippen LogP contribution >= 0.6 is 46.7 Å². The SMILES string of the molecule is Nc1cc(Cl)ccc1SCc1noc(CSc2ccc(Cl)cc2N)n1. The molecule has 0 bridgehead atoms. The van der Waals surface area contributed by atoms with Crippen LogP contribution in [0.1, 0.15) is 11.7 Å². The predicted molar refractivity (Wildman–Crippen MR) is 105 cm³/mol. The Hall–Kier alpha value is -1.54. The third-order valence-electron chi connectivity index (χ3n) is 3.16. The highest BCUT2D eigenvalue weighted by Crippen LogP contribution is 2.31. The molecule has 0 aliphatic rings. The first-order valence-electron chi connectivity index (χ1n) is 7.18. The first-order chi connectivity index (χ1) is 12.0. The first-order valence-corrected chi connectivity index (χ1v) is 9.91. The highest BCUT2D eigenvalue weighted by molar-refractivity contribution is 7.99. The average molecular weight is 413 g/mol. The Bertz CT molecular complexity index is 818.